The summed E-state index contributed by atoms with van der Waals surface area (Å²) in [7, 11) is 0. The van der Waals surface area contributed by atoms with E-state index >= 15 is 0 Å². The number of nitriles is 1. The van der Waals surface area contributed by atoms with E-state index in [-0.39, 0.29) is 5.78 Å². The second-order valence-electron chi connectivity index (χ2n) is 3.35. The molecule has 1 rings (SSSR count). The quantitative estimate of drug-likeness (QED) is 0.683. The molecule has 0 saturated carbocycles. The largest absolute Gasteiger partial charge is 0.294 e. The Morgan fingerprint density at radius 3 is 2.43 bits per heavy atom. The highest BCUT2D eigenvalue weighted by atomic mass is 16.1. The Kier molecular flexibility index (Phi) is 3.41. The van der Waals surface area contributed by atoms with E-state index in [2.05, 4.69) is 0 Å². The van der Waals surface area contributed by atoms with E-state index in [0.717, 1.165) is 16.7 Å². The SMILES string of the molecule is Cc1cccc(C)c1C(=O)CCC#N. The zero-order valence-corrected chi connectivity index (χ0v) is 8.50. The van der Waals surface area contributed by atoms with Crippen LogP contribution in [0.15, 0.2) is 18.2 Å². The molecular weight excluding hydrogens is 174 g/mol. The van der Waals surface area contributed by atoms with Gasteiger partial charge >= 0.3 is 0 Å². The molecule has 0 aliphatic rings. The minimum Gasteiger partial charge on any atom is -0.294 e. The van der Waals surface area contributed by atoms with E-state index in [1.165, 1.54) is 0 Å². The monoisotopic (exact) mass is 187 g/mol. The third-order valence-electron chi connectivity index (χ3n) is 2.22. The lowest BCUT2D eigenvalue weighted by atomic mass is 9.97. The first-order valence-corrected chi connectivity index (χ1v) is 4.63. The van der Waals surface area contributed by atoms with Crippen LogP contribution >= 0.6 is 0 Å². The van der Waals surface area contributed by atoms with Gasteiger partial charge in [0.05, 0.1) is 6.07 Å². The minimum atomic E-state index is 0.0714. The van der Waals surface area contributed by atoms with Gasteiger partial charge in [0, 0.05) is 18.4 Å². The van der Waals surface area contributed by atoms with Crippen molar-refractivity contribution in [2.45, 2.75) is 26.7 Å². The van der Waals surface area contributed by atoms with Gasteiger partial charge in [0.1, 0.15) is 0 Å². The first-order valence-electron chi connectivity index (χ1n) is 4.63. The third kappa shape index (κ3) is 2.20. The van der Waals surface area contributed by atoms with Crippen molar-refractivity contribution in [1.82, 2.24) is 0 Å². The van der Waals surface area contributed by atoms with Crippen LogP contribution in [0, 0.1) is 25.2 Å². The molecule has 0 fully saturated rings. The van der Waals surface area contributed by atoms with E-state index in [9.17, 15) is 4.79 Å². The molecule has 0 atom stereocenters. The predicted octanol–water partition coefficient (Wildman–Crippen LogP) is 2.79. The Labute approximate surface area is 84.2 Å². The fraction of sp³-hybridized carbons (Fsp3) is 0.333. The molecule has 0 aliphatic heterocycles. The van der Waals surface area contributed by atoms with E-state index in [1.807, 2.05) is 38.1 Å². The van der Waals surface area contributed by atoms with Gasteiger partial charge in [0.15, 0.2) is 5.78 Å². The van der Waals surface area contributed by atoms with Crippen molar-refractivity contribution < 1.29 is 4.79 Å². The molecule has 2 heteroatoms. The van der Waals surface area contributed by atoms with Crippen LogP contribution < -0.4 is 0 Å². The predicted molar refractivity (Wildman–Crippen MR) is 55.1 cm³/mol. The second-order valence-corrected chi connectivity index (χ2v) is 3.35. The normalized spacial score (nSPS) is 9.50. The molecule has 0 bridgehead atoms. The Morgan fingerprint density at radius 2 is 1.93 bits per heavy atom. The van der Waals surface area contributed by atoms with Crippen LogP contribution in [0.4, 0.5) is 0 Å². The van der Waals surface area contributed by atoms with Gasteiger partial charge in [-0.2, -0.15) is 5.26 Å². The number of Topliss-reactive ketones (excluding diaryl/α,β-unsaturated/α-hetero) is 1. The first-order chi connectivity index (χ1) is 6.66. The van der Waals surface area contributed by atoms with E-state index in [0.29, 0.717) is 12.8 Å². The van der Waals surface area contributed by atoms with Gasteiger partial charge in [-0.1, -0.05) is 18.2 Å². The fourth-order valence-corrected chi connectivity index (χ4v) is 1.55. The molecule has 14 heavy (non-hydrogen) atoms. The van der Waals surface area contributed by atoms with Crippen LogP contribution in [0.5, 0.6) is 0 Å². The maximum atomic E-state index is 11.7. The average Bonchev–Trinajstić information content (AvgIpc) is 2.14. The Balaban J connectivity index is 2.95. The fourth-order valence-electron chi connectivity index (χ4n) is 1.55. The summed E-state index contributed by atoms with van der Waals surface area (Å²) in [6.07, 6.45) is 0.620. The molecular formula is C12H13NO. The van der Waals surface area contributed by atoms with Crippen LogP contribution in [-0.2, 0) is 0 Å². The van der Waals surface area contributed by atoms with Gasteiger partial charge < -0.3 is 0 Å². The number of benzene rings is 1. The van der Waals surface area contributed by atoms with Crippen LogP contribution in [0.2, 0.25) is 0 Å². The molecule has 2 nitrogen and oxygen atoms in total. The molecule has 72 valence electrons. The molecule has 1 aromatic carbocycles. The molecule has 0 radical (unpaired) electrons. The van der Waals surface area contributed by atoms with Crippen LogP contribution in [0.25, 0.3) is 0 Å². The number of hydrogen-bond donors (Lipinski definition) is 0. The van der Waals surface area contributed by atoms with Crippen LogP contribution in [0.3, 0.4) is 0 Å². The van der Waals surface area contributed by atoms with Crippen molar-refractivity contribution in [2.24, 2.45) is 0 Å². The lowest BCUT2D eigenvalue weighted by molar-refractivity contribution is 0.0983. The van der Waals surface area contributed by atoms with Crippen molar-refractivity contribution in [2.75, 3.05) is 0 Å². The number of carbonyl (C=O) groups excluding carboxylic acids is 1. The van der Waals surface area contributed by atoms with E-state index in [4.69, 9.17) is 5.26 Å². The summed E-state index contributed by atoms with van der Waals surface area (Å²) in [4.78, 5) is 11.7. The zero-order valence-electron chi connectivity index (χ0n) is 8.50. The van der Waals surface area contributed by atoms with Gasteiger partial charge in [-0.15, -0.1) is 0 Å². The standard InChI is InChI=1S/C12H13NO/c1-9-5-3-6-10(2)12(9)11(14)7-4-8-13/h3,5-6H,4,7H2,1-2H3. The number of aryl methyl sites for hydroxylation is 2. The van der Waals surface area contributed by atoms with Crippen LogP contribution in [-0.4, -0.2) is 5.78 Å². The lowest BCUT2D eigenvalue weighted by Crippen LogP contribution is -2.03. The molecule has 0 N–H and O–H groups in total. The Bertz CT molecular complexity index is 368. The second kappa shape index (κ2) is 4.57. The number of rotatable bonds is 3. The Hall–Kier alpha value is -1.62. The number of hydrogen-bond acceptors (Lipinski definition) is 2. The van der Waals surface area contributed by atoms with Gasteiger partial charge in [0.2, 0.25) is 0 Å². The smallest absolute Gasteiger partial charge is 0.164 e. The Morgan fingerprint density at radius 1 is 1.36 bits per heavy atom. The molecule has 0 saturated heterocycles. The van der Waals surface area contributed by atoms with Crippen molar-refractivity contribution in [3.63, 3.8) is 0 Å². The summed E-state index contributed by atoms with van der Waals surface area (Å²) in [5.41, 5.74) is 2.77. The maximum absolute atomic E-state index is 11.7. The first kappa shape index (κ1) is 10.5. The molecule has 0 amide bonds. The molecule has 1 aromatic rings. The maximum Gasteiger partial charge on any atom is 0.164 e. The summed E-state index contributed by atoms with van der Waals surface area (Å²) >= 11 is 0. The molecule has 0 aromatic heterocycles. The zero-order chi connectivity index (χ0) is 10.6. The summed E-state index contributed by atoms with van der Waals surface area (Å²) in [5.74, 6) is 0.0714. The van der Waals surface area contributed by atoms with Gasteiger partial charge in [-0.3, -0.25) is 4.79 Å². The van der Waals surface area contributed by atoms with E-state index < -0.39 is 0 Å². The molecule has 0 spiro atoms. The third-order valence-corrected chi connectivity index (χ3v) is 2.22. The minimum absolute atomic E-state index is 0.0714. The van der Waals surface area contributed by atoms with Crippen molar-refractivity contribution in [1.29, 1.82) is 5.26 Å². The summed E-state index contributed by atoms with van der Waals surface area (Å²) in [6.45, 7) is 3.85. The summed E-state index contributed by atoms with van der Waals surface area (Å²) < 4.78 is 0. The molecule has 0 aliphatic carbocycles. The number of nitrogens with zero attached hydrogens (tertiary/aromatic N) is 1. The van der Waals surface area contributed by atoms with Crippen molar-refractivity contribution in [3.05, 3.63) is 34.9 Å². The lowest BCUT2D eigenvalue weighted by Gasteiger charge is -2.06. The highest BCUT2D eigenvalue weighted by Gasteiger charge is 2.10. The average molecular weight is 187 g/mol. The van der Waals surface area contributed by atoms with Crippen LogP contribution in [0.1, 0.15) is 34.3 Å². The van der Waals surface area contributed by atoms with Gasteiger partial charge in [-0.05, 0) is 25.0 Å². The number of carbonyl (C=O) groups is 1. The highest BCUT2D eigenvalue weighted by Crippen LogP contribution is 2.15. The highest BCUT2D eigenvalue weighted by molar-refractivity contribution is 5.98. The van der Waals surface area contributed by atoms with Gasteiger partial charge in [-0.25, -0.2) is 0 Å². The number of ketones is 1. The summed E-state index contributed by atoms with van der Waals surface area (Å²) in [6, 6.07) is 7.77. The van der Waals surface area contributed by atoms with E-state index in [1.54, 1.807) is 0 Å². The van der Waals surface area contributed by atoms with Crippen molar-refractivity contribution >= 4 is 5.78 Å². The molecule has 0 heterocycles. The molecule has 0 unspecified atom stereocenters. The van der Waals surface area contributed by atoms with Gasteiger partial charge in [0.25, 0.3) is 0 Å². The summed E-state index contributed by atoms with van der Waals surface area (Å²) in [5, 5.41) is 8.40. The van der Waals surface area contributed by atoms with Crippen molar-refractivity contribution in [3.8, 4) is 6.07 Å². The topological polar surface area (TPSA) is 40.9 Å².